The minimum absolute atomic E-state index is 0.0912. The van der Waals surface area contributed by atoms with Crippen LogP contribution in [-0.2, 0) is 0 Å². The molecule has 0 aliphatic carbocycles. The molecule has 1 aromatic heterocycles. The molecule has 0 aromatic carbocycles. The third kappa shape index (κ3) is 2.62. The number of nitrogens with two attached hydrogens (primary N) is 1. The molecule has 70 valence electrons. The number of terminal acetylenes is 1. The Morgan fingerprint density at radius 1 is 1.77 bits per heavy atom. The van der Waals surface area contributed by atoms with Crippen LogP contribution >= 0.6 is 0 Å². The summed E-state index contributed by atoms with van der Waals surface area (Å²) in [5.41, 5.74) is 3.76. The molecule has 1 atom stereocenters. The summed E-state index contributed by atoms with van der Waals surface area (Å²) in [6.07, 6.45) is 8.41. The zero-order valence-electron chi connectivity index (χ0n) is 7.71. The number of furan rings is 1. The zero-order chi connectivity index (χ0) is 9.68. The van der Waals surface area contributed by atoms with E-state index in [1.807, 2.05) is 13.0 Å². The fourth-order valence-corrected chi connectivity index (χ4v) is 1.22. The van der Waals surface area contributed by atoms with Gasteiger partial charge in [-0.1, -0.05) is 0 Å². The lowest BCUT2D eigenvalue weighted by Crippen LogP contribution is -2.27. The van der Waals surface area contributed by atoms with Gasteiger partial charge in [-0.3, -0.25) is 11.3 Å². The summed E-state index contributed by atoms with van der Waals surface area (Å²) in [6, 6.07) is 2.05. The fourth-order valence-electron chi connectivity index (χ4n) is 1.22. The van der Waals surface area contributed by atoms with Gasteiger partial charge >= 0.3 is 0 Å². The predicted molar refractivity (Wildman–Crippen MR) is 51.6 cm³/mol. The first-order chi connectivity index (χ1) is 6.27. The number of rotatable bonds is 4. The monoisotopic (exact) mass is 178 g/mol. The summed E-state index contributed by atoms with van der Waals surface area (Å²) >= 11 is 0. The van der Waals surface area contributed by atoms with E-state index in [9.17, 15) is 0 Å². The van der Waals surface area contributed by atoms with Gasteiger partial charge in [0.1, 0.15) is 5.76 Å². The number of nitrogens with one attached hydrogen (secondary N) is 1. The van der Waals surface area contributed by atoms with Gasteiger partial charge in [-0.25, -0.2) is 0 Å². The summed E-state index contributed by atoms with van der Waals surface area (Å²) in [6.45, 7) is 1.90. The van der Waals surface area contributed by atoms with Gasteiger partial charge < -0.3 is 4.42 Å². The molecule has 0 spiro atoms. The van der Waals surface area contributed by atoms with Crippen LogP contribution in [0.2, 0.25) is 0 Å². The Bertz CT molecular complexity index is 298. The maximum Gasteiger partial charge on any atom is 0.101 e. The van der Waals surface area contributed by atoms with Crippen LogP contribution in [0, 0.1) is 19.3 Å². The average molecular weight is 178 g/mol. The van der Waals surface area contributed by atoms with Crippen molar-refractivity contribution in [2.75, 3.05) is 0 Å². The fraction of sp³-hybridized carbons (Fsp3) is 0.400. The first kappa shape index (κ1) is 9.85. The van der Waals surface area contributed by atoms with Crippen LogP contribution < -0.4 is 11.3 Å². The lowest BCUT2D eigenvalue weighted by atomic mass is 10.1. The molecule has 0 fully saturated rings. The topological polar surface area (TPSA) is 51.2 Å². The van der Waals surface area contributed by atoms with E-state index in [1.165, 1.54) is 0 Å². The Morgan fingerprint density at radius 2 is 2.54 bits per heavy atom. The summed E-state index contributed by atoms with van der Waals surface area (Å²) in [7, 11) is 0. The molecule has 1 aromatic rings. The van der Waals surface area contributed by atoms with Crippen molar-refractivity contribution in [3.8, 4) is 12.3 Å². The van der Waals surface area contributed by atoms with Crippen molar-refractivity contribution in [1.29, 1.82) is 0 Å². The summed E-state index contributed by atoms with van der Waals surface area (Å²) in [4.78, 5) is 0. The number of hydrazine groups is 1. The summed E-state index contributed by atoms with van der Waals surface area (Å²) in [5.74, 6) is 8.86. The second-order valence-electron chi connectivity index (χ2n) is 2.95. The molecule has 0 aliphatic rings. The van der Waals surface area contributed by atoms with Crippen LogP contribution in [-0.4, -0.2) is 0 Å². The van der Waals surface area contributed by atoms with Gasteiger partial charge in [-0.15, -0.1) is 12.3 Å². The summed E-state index contributed by atoms with van der Waals surface area (Å²) < 4.78 is 5.18. The Hall–Kier alpha value is -1.24. The van der Waals surface area contributed by atoms with Crippen LogP contribution in [0.5, 0.6) is 0 Å². The maximum absolute atomic E-state index is 5.39. The highest BCUT2D eigenvalue weighted by atomic mass is 16.3. The van der Waals surface area contributed by atoms with E-state index in [0.717, 1.165) is 17.7 Å². The molecule has 0 aliphatic heterocycles. The van der Waals surface area contributed by atoms with Crippen LogP contribution in [0.15, 0.2) is 16.7 Å². The van der Waals surface area contributed by atoms with Crippen molar-refractivity contribution in [3.05, 3.63) is 23.7 Å². The van der Waals surface area contributed by atoms with E-state index >= 15 is 0 Å². The van der Waals surface area contributed by atoms with Crippen LogP contribution in [0.1, 0.15) is 30.2 Å². The number of aryl methyl sites for hydroxylation is 1. The van der Waals surface area contributed by atoms with Crippen molar-refractivity contribution >= 4 is 0 Å². The molecule has 0 bridgehead atoms. The molecule has 1 rings (SSSR count). The molecular weight excluding hydrogens is 164 g/mol. The molecule has 0 amide bonds. The van der Waals surface area contributed by atoms with Gasteiger partial charge in [-0.05, 0) is 19.4 Å². The molecule has 3 N–H and O–H groups in total. The van der Waals surface area contributed by atoms with Crippen LogP contribution in [0.3, 0.4) is 0 Å². The molecule has 1 heterocycles. The number of hydrogen-bond acceptors (Lipinski definition) is 3. The first-order valence-electron chi connectivity index (χ1n) is 4.22. The minimum Gasteiger partial charge on any atom is -0.469 e. The lowest BCUT2D eigenvalue weighted by Gasteiger charge is -2.11. The molecule has 3 heteroatoms. The van der Waals surface area contributed by atoms with E-state index in [4.69, 9.17) is 16.7 Å². The minimum atomic E-state index is 0.0912. The Balaban J connectivity index is 2.62. The highest BCUT2D eigenvalue weighted by Gasteiger charge is 2.10. The molecule has 1 unspecified atom stereocenters. The van der Waals surface area contributed by atoms with E-state index in [2.05, 4.69) is 11.3 Å². The Kier molecular flexibility index (Phi) is 3.56. The van der Waals surface area contributed by atoms with Crippen molar-refractivity contribution in [1.82, 2.24) is 5.43 Å². The summed E-state index contributed by atoms with van der Waals surface area (Å²) in [5, 5.41) is 0. The van der Waals surface area contributed by atoms with Gasteiger partial charge in [0.05, 0.1) is 12.3 Å². The molecular formula is C10H14N2O. The van der Waals surface area contributed by atoms with Gasteiger partial charge in [0.15, 0.2) is 0 Å². The van der Waals surface area contributed by atoms with Crippen molar-refractivity contribution in [2.45, 2.75) is 25.8 Å². The molecule has 3 nitrogen and oxygen atoms in total. The quantitative estimate of drug-likeness (QED) is 0.417. The number of hydrogen-bond donors (Lipinski definition) is 2. The van der Waals surface area contributed by atoms with Crippen LogP contribution in [0.25, 0.3) is 0 Å². The Morgan fingerprint density at radius 3 is 3.00 bits per heavy atom. The van der Waals surface area contributed by atoms with E-state index < -0.39 is 0 Å². The Labute approximate surface area is 78.3 Å². The molecule has 0 radical (unpaired) electrons. The smallest absolute Gasteiger partial charge is 0.101 e. The molecule has 0 saturated heterocycles. The van der Waals surface area contributed by atoms with Gasteiger partial charge in [0.25, 0.3) is 0 Å². The third-order valence-electron chi connectivity index (χ3n) is 1.93. The average Bonchev–Trinajstić information content (AvgIpc) is 2.54. The lowest BCUT2D eigenvalue weighted by molar-refractivity contribution is 0.499. The second-order valence-corrected chi connectivity index (χ2v) is 2.95. The predicted octanol–water partition coefficient (Wildman–Crippen LogP) is 1.51. The first-order valence-corrected chi connectivity index (χ1v) is 4.22. The SMILES string of the molecule is C#CCCC(NN)c1coc(C)c1. The standard InChI is InChI=1S/C10H14N2O/c1-3-4-5-10(12-11)9-6-8(2)13-7-9/h1,6-7,10,12H,4-5,11H2,2H3. The maximum atomic E-state index is 5.39. The molecule has 0 saturated carbocycles. The van der Waals surface area contributed by atoms with Crippen molar-refractivity contribution in [3.63, 3.8) is 0 Å². The van der Waals surface area contributed by atoms with Gasteiger partial charge in [0.2, 0.25) is 0 Å². The highest BCUT2D eigenvalue weighted by molar-refractivity contribution is 5.16. The van der Waals surface area contributed by atoms with Crippen LogP contribution in [0.4, 0.5) is 0 Å². The largest absolute Gasteiger partial charge is 0.469 e. The van der Waals surface area contributed by atoms with E-state index in [0.29, 0.717) is 6.42 Å². The third-order valence-corrected chi connectivity index (χ3v) is 1.93. The molecule has 13 heavy (non-hydrogen) atoms. The van der Waals surface area contributed by atoms with Crippen molar-refractivity contribution < 1.29 is 4.42 Å². The zero-order valence-corrected chi connectivity index (χ0v) is 7.71. The normalized spacial score (nSPS) is 12.4. The van der Waals surface area contributed by atoms with Gasteiger partial charge in [0, 0.05) is 12.0 Å². The second kappa shape index (κ2) is 4.70. The highest BCUT2D eigenvalue weighted by Crippen LogP contribution is 2.19. The van der Waals surface area contributed by atoms with Gasteiger partial charge in [-0.2, -0.15) is 0 Å². The van der Waals surface area contributed by atoms with E-state index in [-0.39, 0.29) is 6.04 Å². The van der Waals surface area contributed by atoms with E-state index in [1.54, 1.807) is 6.26 Å². The van der Waals surface area contributed by atoms with Crippen molar-refractivity contribution in [2.24, 2.45) is 5.84 Å².